The van der Waals surface area contributed by atoms with E-state index in [1.54, 1.807) is 0 Å². The third kappa shape index (κ3) is 3.98. The third-order valence-corrected chi connectivity index (χ3v) is 2.73. The number of nitrogens with zero attached hydrogens (tertiary/aromatic N) is 2. The van der Waals surface area contributed by atoms with Crippen molar-refractivity contribution in [1.29, 1.82) is 0 Å². The largest absolute Gasteiger partial charge is 0.380 e. The Morgan fingerprint density at radius 3 is 2.71 bits per heavy atom. The van der Waals surface area contributed by atoms with Crippen LogP contribution in [0.25, 0.3) is 0 Å². The first-order valence-electron chi connectivity index (χ1n) is 6.21. The molecule has 1 aromatic rings. The molecule has 1 aromatic heterocycles. The van der Waals surface area contributed by atoms with Gasteiger partial charge in [-0.15, -0.1) is 0 Å². The van der Waals surface area contributed by atoms with Gasteiger partial charge in [0.25, 0.3) is 0 Å². The molecule has 0 saturated carbocycles. The number of hydrogen-bond acceptors (Lipinski definition) is 4. The maximum atomic E-state index is 5.60. The van der Waals surface area contributed by atoms with E-state index in [1.165, 1.54) is 5.56 Å². The van der Waals surface area contributed by atoms with Gasteiger partial charge in [-0.3, -0.25) is 0 Å². The Bertz CT molecular complexity index is 341. The minimum absolute atomic E-state index is 0.541. The second kappa shape index (κ2) is 7.25. The van der Waals surface area contributed by atoms with Crippen LogP contribution in [0.15, 0.2) is 12.3 Å². The van der Waals surface area contributed by atoms with E-state index in [0.717, 1.165) is 37.7 Å². The van der Waals surface area contributed by atoms with Gasteiger partial charge in [0.15, 0.2) is 0 Å². The van der Waals surface area contributed by atoms with E-state index in [-0.39, 0.29) is 0 Å². The fourth-order valence-corrected chi connectivity index (χ4v) is 1.80. The second-order valence-electron chi connectivity index (χ2n) is 3.96. The molecule has 17 heavy (non-hydrogen) atoms. The number of aromatic nitrogens is 1. The number of ether oxygens (including phenoxy) is 1. The molecular weight excluding hydrogens is 214 g/mol. The van der Waals surface area contributed by atoms with E-state index in [9.17, 15) is 0 Å². The van der Waals surface area contributed by atoms with Crippen LogP contribution in [0.1, 0.15) is 25.0 Å². The Labute approximate surface area is 104 Å². The number of pyridine rings is 1. The molecule has 0 aromatic carbocycles. The van der Waals surface area contributed by atoms with Gasteiger partial charge in [-0.25, -0.2) is 4.98 Å². The van der Waals surface area contributed by atoms with Crippen molar-refractivity contribution in [2.75, 3.05) is 31.2 Å². The van der Waals surface area contributed by atoms with E-state index in [1.807, 2.05) is 13.1 Å². The smallest absolute Gasteiger partial charge is 0.131 e. The summed E-state index contributed by atoms with van der Waals surface area (Å²) in [6.07, 6.45) is 1.85. The Kier molecular flexibility index (Phi) is 5.94. The number of anilines is 1. The minimum atomic E-state index is 0.541. The van der Waals surface area contributed by atoms with Crippen molar-refractivity contribution in [1.82, 2.24) is 4.98 Å². The maximum Gasteiger partial charge on any atom is 0.131 e. The Morgan fingerprint density at radius 1 is 1.41 bits per heavy atom. The average molecular weight is 237 g/mol. The summed E-state index contributed by atoms with van der Waals surface area (Å²) in [5, 5.41) is 0. The quantitative estimate of drug-likeness (QED) is 0.734. The Morgan fingerprint density at radius 2 is 2.18 bits per heavy atom. The van der Waals surface area contributed by atoms with Crippen LogP contribution in [-0.4, -0.2) is 31.3 Å². The molecular formula is C13H23N3O. The SMILES string of the molecule is CCOCCN(CC)c1ncc(CN)cc1C. The molecule has 0 amide bonds. The van der Waals surface area contributed by atoms with Crippen molar-refractivity contribution in [3.63, 3.8) is 0 Å². The zero-order valence-corrected chi connectivity index (χ0v) is 11.1. The highest BCUT2D eigenvalue weighted by Crippen LogP contribution is 2.17. The molecule has 0 spiro atoms. The van der Waals surface area contributed by atoms with Crippen LogP contribution < -0.4 is 10.6 Å². The first-order chi connectivity index (χ1) is 8.22. The van der Waals surface area contributed by atoms with Crippen molar-refractivity contribution in [3.8, 4) is 0 Å². The van der Waals surface area contributed by atoms with Gasteiger partial charge < -0.3 is 15.4 Å². The van der Waals surface area contributed by atoms with Crippen LogP contribution in [-0.2, 0) is 11.3 Å². The van der Waals surface area contributed by atoms with Crippen molar-refractivity contribution >= 4 is 5.82 Å². The zero-order chi connectivity index (χ0) is 12.7. The third-order valence-electron chi connectivity index (χ3n) is 2.73. The van der Waals surface area contributed by atoms with Gasteiger partial charge in [0.05, 0.1) is 6.61 Å². The van der Waals surface area contributed by atoms with E-state index in [2.05, 4.69) is 29.8 Å². The van der Waals surface area contributed by atoms with Crippen LogP contribution >= 0.6 is 0 Å². The number of likely N-dealkylation sites (N-methyl/N-ethyl adjacent to an activating group) is 1. The molecule has 1 rings (SSSR count). The number of nitrogens with two attached hydrogens (primary N) is 1. The van der Waals surface area contributed by atoms with Crippen LogP contribution in [0.2, 0.25) is 0 Å². The van der Waals surface area contributed by atoms with E-state index in [4.69, 9.17) is 10.5 Å². The Hall–Kier alpha value is -1.13. The van der Waals surface area contributed by atoms with Crippen molar-refractivity contribution in [3.05, 3.63) is 23.4 Å². The number of rotatable bonds is 7. The van der Waals surface area contributed by atoms with E-state index >= 15 is 0 Å². The minimum Gasteiger partial charge on any atom is -0.380 e. The summed E-state index contributed by atoms with van der Waals surface area (Å²) < 4.78 is 5.38. The fraction of sp³-hybridized carbons (Fsp3) is 0.615. The van der Waals surface area contributed by atoms with Gasteiger partial charge in [0.2, 0.25) is 0 Å². The highest BCUT2D eigenvalue weighted by Gasteiger charge is 2.09. The van der Waals surface area contributed by atoms with Crippen molar-refractivity contribution in [2.24, 2.45) is 5.73 Å². The predicted octanol–water partition coefficient (Wildman–Crippen LogP) is 1.71. The normalized spacial score (nSPS) is 10.6. The lowest BCUT2D eigenvalue weighted by Gasteiger charge is -2.23. The summed E-state index contributed by atoms with van der Waals surface area (Å²) in [5.41, 5.74) is 7.85. The molecule has 4 nitrogen and oxygen atoms in total. The second-order valence-corrected chi connectivity index (χ2v) is 3.96. The molecule has 2 N–H and O–H groups in total. The highest BCUT2D eigenvalue weighted by atomic mass is 16.5. The topological polar surface area (TPSA) is 51.4 Å². The summed E-state index contributed by atoms with van der Waals surface area (Å²) in [5.74, 6) is 1.03. The molecule has 0 bridgehead atoms. The molecule has 0 aliphatic heterocycles. The molecule has 1 heterocycles. The Balaban J connectivity index is 2.73. The van der Waals surface area contributed by atoms with Crippen LogP contribution in [0.5, 0.6) is 0 Å². The van der Waals surface area contributed by atoms with Gasteiger partial charge >= 0.3 is 0 Å². The molecule has 4 heteroatoms. The zero-order valence-electron chi connectivity index (χ0n) is 11.1. The molecule has 0 unspecified atom stereocenters. The van der Waals surface area contributed by atoms with Gasteiger partial charge in [0.1, 0.15) is 5.82 Å². The van der Waals surface area contributed by atoms with Gasteiger partial charge in [-0.05, 0) is 38.0 Å². The lowest BCUT2D eigenvalue weighted by atomic mass is 10.2. The highest BCUT2D eigenvalue weighted by molar-refractivity contribution is 5.47. The van der Waals surface area contributed by atoms with E-state index < -0.39 is 0 Å². The van der Waals surface area contributed by atoms with Crippen molar-refractivity contribution < 1.29 is 4.74 Å². The molecule has 0 radical (unpaired) electrons. The number of hydrogen-bond donors (Lipinski definition) is 1. The molecule has 0 aliphatic carbocycles. The van der Waals surface area contributed by atoms with Crippen LogP contribution in [0.4, 0.5) is 5.82 Å². The molecule has 0 saturated heterocycles. The predicted molar refractivity (Wildman–Crippen MR) is 71.2 cm³/mol. The molecule has 0 aliphatic rings. The summed E-state index contributed by atoms with van der Waals surface area (Å²) in [6, 6.07) is 2.10. The molecule has 96 valence electrons. The summed E-state index contributed by atoms with van der Waals surface area (Å²) in [7, 11) is 0. The molecule has 0 atom stereocenters. The molecule has 0 fully saturated rings. The van der Waals surface area contributed by atoms with Gasteiger partial charge in [-0.2, -0.15) is 0 Å². The summed E-state index contributed by atoms with van der Waals surface area (Å²) in [4.78, 5) is 6.72. The lowest BCUT2D eigenvalue weighted by Crippen LogP contribution is -2.28. The monoisotopic (exact) mass is 237 g/mol. The van der Waals surface area contributed by atoms with Gasteiger partial charge in [-0.1, -0.05) is 0 Å². The fourth-order valence-electron chi connectivity index (χ4n) is 1.80. The van der Waals surface area contributed by atoms with Crippen molar-refractivity contribution in [2.45, 2.75) is 27.3 Å². The van der Waals surface area contributed by atoms with Crippen LogP contribution in [0, 0.1) is 6.92 Å². The average Bonchev–Trinajstić information content (AvgIpc) is 2.35. The van der Waals surface area contributed by atoms with Gasteiger partial charge in [0, 0.05) is 32.4 Å². The number of aryl methyl sites for hydroxylation is 1. The summed E-state index contributed by atoms with van der Waals surface area (Å²) >= 11 is 0. The van der Waals surface area contributed by atoms with Crippen LogP contribution in [0.3, 0.4) is 0 Å². The first kappa shape index (κ1) is 13.9. The first-order valence-corrected chi connectivity index (χ1v) is 6.21. The maximum absolute atomic E-state index is 5.60. The summed E-state index contributed by atoms with van der Waals surface area (Å²) in [6.45, 7) is 10.1. The standard InChI is InChI=1S/C13H23N3O/c1-4-16(6-7-17-5-2)13-11(3)8-12(9-14)10-15-13/h8,10H,4-7,9,14H2,1-3H3. The van der Waals surface area contributed by atoms with E-state index in [0.29, 0.717) is 6.54 Å². The lowest BCUT2D eigenvalue weighted by molar-refractivity contribution is 0.154.